The average molecular weight is 312 g/mol. The van der Waals surface area contributed by atoms with Crippen molar-refractivity contribution < 1.29 is 4.79 Å². The van der Waals surface area contributed by atoms with Gasteiger partial charge in [-0.3, -0.25) is 4.79 Å². The van der Waals surface area contributed by atoms with E-state index in [9.17, 15) is 4.79 Å². The lowest BCUT2D eigenvalue weighted by Crippen LogP contribution is -2.00. The number of rotatable bonds is 4. The molecule has 5 heteroatoms. The van der Waals surface area contributed by atoms with Gasteiger partial charge in [0, 0.05) is 16.1 Å². The number of Topliss-reactive ketones (excluding diaryl/α,β-unsaturated/α-hetero) is 1. The van der Waals surface area contributed by atoms with Gasteiger partial charge in [0.1, 0.15) is 5.69 Å². The van der Waals surface area contributed by atoms with Gasteiger partial charge in [0.15, 0.2) is 5.78 Å². The summed E-state index contributed by atoms with van der Waals surface area (Å²) in [4.78, 5) is 11.3. The van der Waals surface area contributed by atoms with Crippen molar-refractivity contribution in [2.45, 2.75) is 13.5 Å². The smallest absolute Gasteiger partial charge is 0.159 e. The van der Waals surface area contributed by atoms with Gasteiger partial charge in [-0.1, -0.05) is 53.2 Å². The lowest BCUT2D eigenvalue weighted by Gasteiger charge is -2.01. The Balaban J connectivity index is 1.80. The molecule has 0 aliphatic carbocycles. The Morgan fingerprint density at radius 1 is 1.18 bits per heavy atom. The Morgan fingerprint density at radius 3 is 2.64 bits per heavy atom. The van der Waals surface area contributed by atoms with Gasteiger partial charge in [0.2, 0.25) is 0 Å². The molecule has 0 atom stereocenters. The second-order valence-corrected chi connectivity index (χ2v) is 5.50. The van der Waals surface area contributed by atoms with Crippen LogP contribution in [-0.2, 0) is 6.54 Å². The normalized spacial score (nSPS) is 10.6. The van der Waals surface area contributed by atoms with Crippen LogP contribution in [0.15, 0.2) is 54.7 Å². The summed E-state index contributed by atoms with van der Waals surface area (Å²) in [5, 5.41) is 9.01. The van der Waals surface area contributed by atoms with Gasteiger partial charge in [0.25, 0.3) is 0 Å². The fraction of sp³-hybridized carbons (Fsp3) is 0.118. The number of aromatic nitrogens is 3. The molecule has 4 nitrogen and oxygen atoms in total. The topological polar surface area (TPSA) is 47.8 Å². The van der Waals surface area contributed by atoms with E-state index in [1.807, 2.05) is 42.6 Å². The van der Waals surface area contributed by atoms with Crippen molar-refractivity contribution in [2.24, 2.45) is 0 Å². The summed E-state index contributed by atoms with van der Waals surface area (Å²) >= 11 is 5.98. The Labute approximate surface area is 133 Å². The number of ketones is 1. The molecule has 2 aromatic carbocycles. The van der Waals surface area contributed by atoms with Gasteiger partial charge in [-0.2, -0.15) is 0 Å². The van der Waals surface area contributed by atoms with E-state index in [1.54, 1.807) is 23.7 Å². The van der Waals surface area contributed by atoms with E-state index < -0.39 is 0 Å². The summed E-state index contributed by atoms with van der Waals surface area (Å²) in [6.45, 7) is 2.16. The van der Waals surface area contributed by atoms with Crippen LogP contribution in [0.1, 0.15) is 22.8 Å². The molecule has 0 saturated carbocycles. The predicted octanol–water partition coefficient (Wildman–Crippen LogP) is 3.85. The molecule has 0 fully saturated rings. The maximum absolute atomic E-state index is 11.3. The number of nitrogens with zero attached hydrogens (tertiary/aromatic N) is 3. The summed E-state index contributed by atoms with van der Waals surface area (Å²) in [7, 11) is 0. The number of halogens is 1. The zero-order chi connectivity index (χ0) is 15.5. The summed E-state index contributed by atoms with van der Waals surface area (Å²) in [6, 6.07) is 15.0. The molecule has 3 rings (SSSR count). The lowest BCUT2D eigenvalue weighted by molar-refractivity contribution is 0.101. The highest BCUT2D eigenvalue weighted by Crippen LogP contribution is 2.18. The number of hydrogen-bond acceptors (Lipinski definition) is 3. The van der Waals surface area contributed by atoms with Crippen molar-refractivity contribution in [2.75, 3.05) is 0 Å². The number of carbonyl (C=O) groups excluding carboxylic acids is 1. The van der Waals surface area contributed by atoms with Gasteiger partial charge in [0.05, 0.1) is 12.7 Å². The molecule has 0 unspecified atom stereocenters. The number of benzene rings is 2. The molecule has 22 heavy (non-hydrogen) atoms. The number of carbonyl (C=O) groups is 1. The summed E-state index contributed by atoms with van der Waals surface area (Å²) in [6.07, 6.45) is 1.88. The molecule has 1 heterocycles. The minimum absolute atomic E-state index is 0.0520. The monoisotopic (exact) mass is 311 g/mol. The van der Waals surface area contributed by atoms with E-state index in [-0.39, 0.29) is 5.78 Å². The summed E-state index contributed by atoms with van der Waals surface area (Å²) in [5.41, 5.74) is 3.46. The van der Waals surface area contributed by atoms with Gasteiger partial charge in [-0.05, 0) is 24.6 Å². The van der Waals surface area contributed by atoms with Crippen LogP contribution in [0.2, 0.25) is 5.02 Å². The molecule has 0 aliphatic heterocycles. The van der Waals surface area contributed by atoms with E-state index in [4.69, 9.17) is 11.6 Å². The maximum Gasteiger partial charge on any atom is 0.159 e. The molecule has 1 aromatic heterocycles. The second-order valence-electron chi connectivity index (χ2n) is 5.06. The summed E-state index contributed by atoms with van der Waals surface area (Å²) in [5.74, 6) is 0.0520. The second kappa shape index (κ2) is 6.12. The Bertz CT molecular complexity index is 809. The molecular formula is C17H14ClN3O. The van der Waals surface area contributed by atoms with Crippen LogP contribution in [0.5, 0.6) is 0 Å². The fourth-order valence-electron chi connectivity index (χ4n) is 2.21. The van der Waals surface area contributed by atoms with Gasteiger partial charge in [-0.25, -0.2) is 4.68 Å². The highest BCUT2D eigenvalue weighted by molar-refractivity contribution is 6.30. The molecule has 0 bridgehead atoms. The van der Waals surface area contributed by atoms with E-state index in [0.29, 0.717) is 17.1 Å². The van der Waals surface area contributed by atoms with Crippen LogP contribution in [-0.4, -0.2) is 20.8 Å². The highest BCUT2D eigenvalue weighted by Gasteiger charge is 2.06. The average Bonchev–Trinajstić information content (AvgIpc) is 2.96. The molecular weight excluding hydrogens is 298 g/mol. The SMILES string of the molecule is CC(=O)c1ccc(-c2cn(Cc3cccc(Cl)c3)nn2)cc1. The summed E-state index contributed by atoms with van der Waals surface area (Å²) < 4.78 is 1.76. The zero-order valence-corrected chi connectivity index (χ0v) is 12.8. The van der Waals surface area contributed by atoms with Crippen LogP contribution >= 0.6 is 11.6 Å². The Morgan fingerprint density at radius 2 is 1.95 bits per heavy atom. The van der Waals surface area contributed by atoms with E-state index in [1.165, 1.54) is 0 Å². The minimum atomic E-state index is 0.0520. The highest BCUT2D eigenvalue weighted by atomic mass is 35.5. The standard InChI is InChI=1S/C17H14ClN3O/c1-12(22)14-5-7-15(8-6-14)17-11-21(20-19-17)10-13-3-2-4-16(18)9-13/h2-9,11H,10H2,1H3. The third-order valence-corrected chi connectivity index (χ3v) is 3.59. The Hall–Kier alpha value is -2.46. The third kappa shape index (κ3) is 3.23. The molecule has 0 N–H and O–H groups in total. The van der Waals surface area contributed by atoms with Crippen molar-refractivity contribution >= 4 is 17.4 Å². The fourth-order valence-corrected chi connectivity index (χ4v) is 2.42. The predicted molar refractivity (Wildman–Crippen MR) is 86.0 cm³/mol. The molecule has 110 valence electrons. The molecule has 0 amide bonds. The first-order valence-electron chi connectivity index (χ1n) is 6.88. The first-order chi connectivity index (χ1) is 10.6. The van der Waals surface area contributed by atoms with Crippen molar-refractivity contribution in [3.63, 3.8) is 0 Å². The molecule has 3 aromatic rings. The van der Waals surface area contributed by atoms with Crippen molar-refractivity contribution in [3.8, 4) is 11.3 Å². The van der Waals surface area contributed by atoms with Crippen molar-refractivity contribution in [1.29, 1.82) is 0 Å². The van der Waals surface area contributed by atoms with Crippen LogP contribution in [0.3, 0.4) is 0 Å². The van der Waals surface area contributed by atoms with Gasteiger partial charge < -0.3 is 0 Å². The van der Waals surface area contributed by atoms with Crippen LogP contribution in [0.25, 0.3) is 11.3 Å². The maximum atomic E-state index is 11.3. The van der Waals surface area contributed by atoms with Crippen molar-refractivity contribution in [1.82, 2.24) is 15.0 Å². The zero-order valence-electron chi connectivity index (χ0n) is 12.0. The van der Waals surface area contributed by atoms with Crippen LogP contribution in [0.4, 0.5) is 0 Å². The van der Waals surface area contributed by atoms with E-state index >= 15 is 0 Å². The lowest BCUT2D eigenvalue weighted by atomic mass is 10.1. The molecule has 0 radical (unpaired) electrons. The van der Waals surface area contributed by atoms with Crippen LogP contribution < -0.4 is 0 Å². The quantitative estimate of drug-likeness (QED) is 0.688. The number of hydrogen-bond donors (Lipinski definition) is 0. The molecule has 0 spiro atoms. The Kier molecular flexibility index (Phi) is 4.02. The third-order valence-electron chi connectivity index (χ3n) is 3.36. The van der Waals surface area contributed by atoms with Crippen molar-refractivity contribution in [3.05, 3.63) is 70.9 Å². The van der Waals surface area contributed by atoms with Gasteiger partial charge >= 0.3 is 0 Å². The largest absolute Gasteiger partial charge is 0.295 e. The van der Waals surface area contributed by atoms with Gasteiger partial charge in [-0.15, -0.1) is 5.10 Å². The molecule has 0 aliphatic rings. The van der Waals surface area contributed by atoms with E-state index in [2.05, 4.69) is 10.3 Å². The molecule has 0 saturated heterocycles. The van der Waals surface area contributed by atoms with E-state index in [0.717, 1.165) is 16.8 Å². The van der Waals surface area contributed by atoms with Crippen LogP contribution in [0, 0.1) is 0 Å². The first-order valence-corrected chi connectivity index (χ1v) is 7.25. The minimum Gasteiger partial charge on any atom is -0.295 e. The first kappa shape index (κ1) is 14.5.